The molecule has 0 saturated heterocycles. The van der Waals surface area contributed by atoms with E-state index in [1.165, 1.54) is 6.33 Å². The second-order valence-electron chi connectivity index (χ2n) is 5.95. The second-order valence-corrected chi connectivity index (χ2v) is 7.02. The van der Waals surface area contributed by atoms with Crippen LogP contribution in [0.5, 0.6) is 5.88 Å². The molecule has 1 atom stereocenters. The minimum atomic E-state index is -1.50. The van der Waals surface area contributed by atoms with Crippen molar-refractivity contribution in [1.29, 1.82) is 0 Å². The van der Waals surface area contributed by atoms with E-state index in [1.807, 2.05) is 61.5 Å². The summed E-state index contributed by atoms with van der Waals surface area (Å²) in [5.74, 6) is 0.710. The van der Waals surface area contributed by atoms with Gasteiger partial charge in [0.05, 0.1) is 12.2 Å². The molecule has 2 aromatic carbocycles. The summed E-state index contributed by atoms with van der Waals surface area (Å²) in [6, 6.07) is 17.4. The van der Waals surface area contributed by atoms with E-state index < -0.39 is 11.0 Å². The molecule has 1 heterocycles. The van der Waals surface area contributed by atoms with Gasteiger partial charge in [0.25, 0.3) is 0 Å². The Morgan fingerprint density at radius 2 is 1.86 bits per heavy atom. The molecule has 2 N–H and O–H groups in total. The summed E-state index contributed by atoms with van der Waals surface area (Å²) in [4.78, 5) is 8.42. The van der Waals surface area contributed by atoms with Crippen LogP contribution in [0.3, 0.4) is 0 Å². The molecular weight excluding hydrogens is 374 g/mol. The van der Waals surface area contributed by atoms with Gasteiger partial charge in [-0.3, -0.25) is 4.72 Å². The highest BCUT2D eigenvalue weighted by atomic mass is 32.2. The van der Waals surface area contributed by atoms with Crippen LogP contribution in [0.1, 0.15) is 11.1 Å². The molecule has 0 saturated carbocycles. The first kappa shape index (κ1) is 19.7. The van der Waals surface area contributed by atoms with Crippen molar-refractivity contribution >= 4 is 22.9 Å². The molecule has 0 aliphatic rings. The summed E-state index contributed by atoms with van der Waals surface area (Å²) in [6.45, 7) is 1.97. The van der Waals surface area contributed by atoms with E-state index in [2.05, 4.69) is 14.7 Å². The zero-order valence-corrected chi connectivity index (χ0v) is 16.2. The van der Waals surface area contributed by atoms with Crippen LogP contribution in [0.15, 0.2) is 66.3 Å². The second kappa shape index (κ2) is 9.77. The minimum absolute atomic E-state index is 0.103. The molecule has 3 rings (SSSR count). The lowest BCUT2D eigenvalue weighted by atomic mass is 10.1. The van der Waals surface area contributed by atoms with Gasteiger partial charge in [-0.1, -0.05) is 60.2 Å². The average molecular weight is 395 g/mol. The molecule has 6 nitrogen and oxygen atoms in total. The molecule has 0 bridgehead atoms. The maximum Gasteiger partial charge on any atom is 0.226 e. The van der Waals surface area contributed by atoms with E-state index in [9.17, 15) is 4.21 Å². The maximum atomic E-state index is 12.5. The molecule has 7 heteroatoms. The Balaban J connectivity index is 1.90. The minimum Gasteiger partial charge on any atom is -0.475 e. The Morgan fingerprint density at radius 1 is 1.11 bits per heavy atom. The fraction of sp³-hybridized carbons (Fsp3) is 0.143. The van der Waals surface area contributed by atoms with Gasteiger partial charge in [0.2, 0.25) is 5.88 Å². The smallest absolute Gasteiger partial charge is 0.226 e. The highest BCUT2D eigenvalue weighted by Gasteiger charge is 2.16. The predicted octanol–water partition coefficient (Wildman–Crippen LogP) is 3.57. The largest absolute Gasteiger partial charge is 0.475 e. The summed E-state index contributed by atoms with van der Waals surface area (Å²) in [6.07, 6.45) is 3.11. The molecule has 144 valence electrons. The molecular formula is C21H21N3O3S. The SMILES string of the molecule is Cc1ccc(-c2c(NS(=O)/C=C/c3ccccc3)ncnc2OCCO)cc1. The number of nitrogens with one attached hydrogen (secondary N) is 1. The maximum absolute atomic E-state index is 12.5. The number of aliphatic hydroxyl groups excluding tert-OH is 1. The lowest BCUT2D eigenvalue weighted by Crippen LogP contribution is -2.09. The number of rotatable bonds is 8. The number of hydrogen-bond acceptors (Lipinski definition) is 5. The zero-order valence-electron chi connectivity index (χ0n) is 15.4. The van der Waals surface area contributed by atoms with Crippen molar-refractivity contribution in [3.63, 3.8) is 0 Å². The first-order valence-electron chi connectivity index (χ1n) is 8.73. The Bertz CT molecular complexity index is 960. The summed E-state index contributed by atoms with van der Waals surface area (Å²) < 4.78 is 21.0. The van der Waals surface area contributed by atoms with Crippen molar-refractivity contribution in [3.8, 4) is 17.0 Å². The summed E-state index contributed by atoms with van der Waals surface area (Å²) >= 11 is 0. The van der Waals surface area contributed by atoms with Crippen LogP contribution in [0.25, 0.3) is 17.2 Å². The zero-order chi connectivity index (χ0) is 19.8. The van der Waals surface area contributed by atoms with E-state index in [0.717, 1.165) is 16.7 Å². The van der Waals surface area contributed by atoms with Gasteiger partial charge in [-0.05, 0) is 24.1 Å². The number of aryl methyl sites for hydroxylation is 1. The van der Waals surface area contributed by atoms with Gasteiger partial charge >= 0.3 is 0 Å². The lowest BCUT2D eigenvalue weighted by molar-refractivity contribution is 0.197. The lowest BCUT2D eigenvalue weighted by Gasteiger charge is -2.14. The van der Waals surface area contributed by atoms with Gasteiger partial charge < -0.3 is 9.84 Å². The quantitative estimate of drug-likeness (QED) is 0.609. The van der Waals surface area contributed by atoms with Crippen molar-refractivity contribution in [1.82, 2.24) is 9.97 Å². The van der Waals surface area contributed by atoms with E-state index in [0.29, 0.717) is 17.3 Å². The van der Waals surface area contributed by atoms with Crippen LogP contribution in [-0.4, -0.2) is 32.5 Å². The van der Waals surface area contributed by atoms with E-state index >= 15 is 0 Å². The first-order valence-corrected chi connectivity index (χ1v) is 9.95. The highest BCUT2D eigenvalue weighted by Crippen LogP contribution is 2.34. The Hall–Kier alpha value is -3.03. The van der Waals surface area contributed by atoms with Crippen molar-refractivity contribution in [2.24, 2.45) is 0 Å². The monoisotopic (exact) mass is 395 g/mol. The number of aliphatic hydroxyl groups is 1. The normalized spacial score (nSPS) is 12.1. The van der Waals surface area contributed by atoms with Crippen LogP contribution in [0, 0.1) is 6.92 Å². The predicted molar refractivity (Wildman–Crippen MR) is 112 cm³/mol. The third-order valence-electron chi connectivity index (χ3n) is 3.86. The van der Waals surface area contributed by atoms with Gasteiger partial charge in [-0.15, -0.1) is 0 Å². The van der Waals surface area contributed by atoms with Crippen molar-refractivity contribution in [2.75, 3.05) is 17.9 Å². The van der Waals surface area contributed by atoms with Gasteiger partial charge in [-0.25, -0.2) is 14.2 Å². The number of anilines is 1. The van der Waals surface area contributed by atoms with Crippen LogP contribution in [0.2, 0.25) is 0 Å². The molecule has 1 unspecified atom stereocenters. The molecule has 3 aromatic rings. The topological polar surface area (TPSA) is 84.3 Å². The van der Waals surface area contributed by atoms with E-state index in [-0.39, 0.29) is 13.2 Å². The Morgan fingerprint density at radius 3 is 2.57 bits per heavy atom. The third-order valence-corrected chi connectivity index (χ3v) is 4.64. The number of ether oxygens (including phenoxy) is 1. The molecule has 0 fully saturated rings. The number of aromatic nitrogens is 2. The molecule has 28 heavy (non-hydrogen) atoms. The van der Waals surface area contributed by atoms with Gasteiger partial charge in [0.15, 0.2) is 5.82 Å². The number of benzene rings is 2. The summed E-state index contributed by atoms with van der Waals surface area (Å²) in [5.41, 5.74) is 3.48. The fourth-order valence-electron chi connectivity index (χ4n) is 2.51. The number of nitrogens with zero attached hydrogens (tertiary/aromatic N) is 2. The molecule has 0 spiro atoms. The third kappa shape index (κ3) is 5.25. The van der Waals surface area contributed by atoms with E-state index in [1.54, 1.807) is 11.5 Å². The van der Waals surface area contributed by atoms with Gasteiger partial charge in [0, 0.05) is 5.41 Å². The number of hydrogen-bond donors (Lipinski definition) is 2. The average Bonchev–Trinajstić information content (AvgIpc) is 2.72. The summed E-state index contributed by atoms with van der Waals surface area (Å²) in [7, 11) is -1.50. The van der Waals surface area contributed by atoms with Crippen LogP contribution >= 0.6 is 0 Å². The van der Waals surface area contributed by atoms with Crippen LogP contribution < -0.4 is 9.46 Å². The molecule has 0 radical (unpaired) electrons. The van der Waals surface area contributed by atoms with Crippen LogP contribution in [0.4, 0.5) is 5.82 Å². The molecule has 0 amide bonds. The van der Waals surface area contributed by atoms with Crippen LogP contribution in [-0.2, 0) is 11.0 Å². The Labute approximate surface area is 166 Å². The van der Waals surface area contributed by atoms with Crippen molar-refractivity contribution in [2.45, 2.75) is 6.92 Å². The molecule has 1 aromatic heterocycles. The standard InChI is InChI=1S/C21H21N3O3S/c1-16-7-9-18(10-8-16)19-20(22-15-23-21(19)27-13-12-25)24-28(26)14-11-17-5-3-2-4-6-17/h2-11,14-15,25H,12-13H2,1H3,(H,22,23,24)/b14-11+. The first-order chi connectivity index (χ1) is 13.7. The summed E-state index contributed by atoms with van der Waals surface area (Å²) in [5, 5.41) is 10.6. The van der Waals surface area contributed by atoms with Crippen molar-refractivity contribution in [3.05, 3.63) is 77.5 Å². The molecule has 0 aliphatic carbocycles. The van der Waals surface area contributed by atoms with Gasteiger partial charge in [0.1, 0.15) is 23.9 Å². The van der Waals surface area contributed by atoms with E-state index in [4.69, 9.17) is 9.84 Å². The molecule has 0 aliphatic heterocycles. The fourth-order valence-corrected chi connectivity index (χ4v) is 3.21. The van der Waals surface area contributed by atoms with Gasteiger partial charge in [-0.2, -0.15) is 0 Å². The van der Waals surface area contributed by atoms with Crippen molar-refractivity contribution < 1.29 is 14.1 Å². The Kier molecular flexibility index (Phi) is 6.89. The highest BCUT2D eigenvalue weighted by molar-refractivity contribution is 7.89.